The minimum absolute atomic E-state index is 0.625. The number of carbonyl (C=O) groups is 2. The van der Waals surface area contributed by atoms with Crippen LogP contribution >= 0.6 is 0 Å². The molecule has 0 saturated heterocycles. The van der Waals surface area contributed by atoms with Crippen molar-refractivity contribution in [3.63, 3.8) is 0 Å². The molecule has 0 rings (SSSR count). The molecule has 82 valence electrons. The van der Waals surface area contributed by atoms with Crippen molar-refractivity contribution in [2.45, 2.75) is 39.4 Å². The first-order valence-electron chi connectivity index (χ1n) is 4.19. The van der Waals surface area contributed by atoms with Crippen LogP contribution in [0.3, 0.4) is 0 Å². The molecule has 0 aliphatic heterocycles. The van der Waals surface area contributed by atoms with E-state index < -0.39 is 23.7 Å². The van der Waals surface area contributed by atoms with Gasteiger partial charge in [0.15, 0.2) is 0 Å². The van der Waals surface area contributed by atoms with Gasteiger partial charge in [0.2, 0.25) is 0 Å². The number of aliphatic hydroxyl groups excluding tert-OH is 1. The molecule has 0 saturated carbocycles. The topological polar surface area (TPSA) is 87.7 Å². The van der Waals surface area contributed by atoms with Crippen LogP contribution in [0.25, 0.3) is 0 Å². The van der Waals surface area contributed by atoms with Crippen molar-refractivity contribution in [2.75, 3.05) is 0 Å². The van der Waals surface area contributed by atoms with Crippen LogP contribution in [-0.4, -0.2) is 28.8 Å². The Kier molecular flexibility index (Phi) is 4.36. The number of hydrogen-bond donors (Lipinski definition) is 3. The van der Waals surface area contributed by atoms with Gasteiger partial charge >= 0.3 is 6.09 Å². The molecule has 0 heterocycles. The lowest BCUT2D eigenvalue weighted by Gasteiger charge is -2.19. The number of rotatable bonds is 1. The summed E-state index contributed by atoms with van der Waals surface area (Å²) in [5, 5.41) is 8.76. The third-order valence-corrected chi connectivity index (χ3v) is 1.07. The largest absolute Gasteiger partial charge is 0.443 e. The van der Waals surface area contributed by atoms with Crippen molar-refractivity contribution in [3.8, 4) is 0 Å². The summed E-state index contributed by atoms with van der Waals surface area (Å²) < 4.78 is 4.82. The molecule has 0 aromatic rings. The van der Waals surface area contributed by atoms with Crippen molar-refractivity contribution < 1.29 is 19.4 Å². The van der Waals surface area contributed by atoms with E-state index in [2.05, 4.69) is 0 Å². The first-order chi connectivity index (χ1) is 6.22. The normalized spacial score (nSPS) is 12.9. The molecule has 0 aliphatic rings. The van der Waals surface area contributed by atoms with Crippen LogP contribution in [0.15, 0.2) is 0 Å². The third kappa shape index (κ3) is 6.24. The molecule has 6 heteroatoms. The van der Waals surface area contributed by atoms with E-state index in [0.29, 0.717) is 0 Å². The standard InChI is InChI=1S/C8H16N2O4/c1-5(11)6(12)9-10-7(13)14-8(2,3)4/h5,11H,1-4H3,(H,9,12)(H,10,13). The summed E-state index contributed by atoms with van der Waals surface area (Å²) in [7, 11) is 0. The first-order valence-corrected chi connectivity index (χ1v) is 4.19. The monoisotopic (exact) mass is 204 g/mol. The van der Waals surface area contributed by atoms with Crippen LogP contribution in [-0.2, 0) is 9.53 Å². The van der Waals surface area contributed by atoms with Gasteiger partial charge in [0.25, 0.3) is 5.91 Å². The van der Waals surface area contributed by atoms with Crippen LogP contribution in [0, 0.1) is 0 Å². The molecule has 3 N–H and O–H groups in total. The van der Waals surface area contributed by atoms with Crippen molar-refractivity contribution >= 4 is 12.0 Å². The Morgan fingerprint density at radius 2 is 1.79 bits per heavy atom. The average Bonchev–Trinajstić information content (AvgIpc) is 1.96. The number of ether oxygens (including phenoxy) is 1. The quantitative estimate of drug-likeness (QED) is 0.521. The lowest BCUT2D eigenvalue weighted by atomic mass is 10.2. The molecule has 0 aromatic heterocycles. The fraction of sp³-hybridized carbons (Fsp3) is 0.750. The summed E-state index contributed by atoms with van der Waals surface area (Å²) in [6.07, 6.45) is -1.95. The van der Waals surface area contributed by atoms with Crippen LogP contribution in [0.2, 0.25) is 0 Å². The summed E-state index contributed by atoms with van der Waals surface area (Å²) in [6.45, 7) is 6.38. The number of aliphatic hydroxyl groups is 1. The van der Waals surface area contributed by atoms with E-state index in [1.807, 2.05) is 10.9 Å². The van der Waals surface area contributed by atoms with Gasteiger partial charge in [-0.2, -0.15) is 0 Å². The van der Waals surface area contributed by atoms with Crippen molar-refractivity contribution in [1.82, 2.24) is 10.9 Å². The molecule has 1 unspecified atom stereocenters. The Morgan fingerprint density at radius 1 is 1.29 bits per heavy atom. The molecular formula is C8H16N2O4. The second kappa shape index (κ2) is 4.80. The van der Waals surface area contributed by atoms with Crippen LogP contribution < -0.4 is 10.9 Å². The lowest BCUT2D eigenvalue weighted by Crippen LogP contribution is -2.47. The third-order valence-electron chi connectivity index (χ3n) is 1.07. The molecule has 2 amide bonds. The molecule has 0 spiro atoms. The molecule has 1 atom stereocenters. The molecule has 14 heavy (non-hydrogen) atoms. The highest BCUT2D eigenvalue weighted by molar-refractivity contribution is 5.82. The predicted octanol–water partition coefficient (Wildman–Crippen LogP) is -0.0769. The highest BCUT2D eigenvalue weighted by atomic mass is 16.6. The molecule has 0 aromatic carbocycles. The van der Waals surface area contributed by atoms with E-state index in [1.165, 1.54) is 6.92 Å². The zero-order valence-corrected chi connectivity index (χ0v) is 8.75. The molecule has 0 bridgehead atoms. The van der Waals surface area contributed by atoms with Gasteiger partial charge in [-0.25, -0.2) is 10.2 Å². The molecule has 0 fully saturated rings. The highest BCUT2D eigenvalue weighted by Crippen LogP contribution is 2.05. The maximum atomic E-state index is 11.0. The Hall–Kier alpha value is -1.30. The maximum absolute atomic E-state index is 11.0. The van der Waals surface area contributed by atoms with Crippen molar-refractivity contribution in [3.05, 3.63) is 0 Å². The predicted molar refractivity (Wildman–Crippen MR) is 49.2 cm³/mol. The molecule has 6 nitrogen and oxygen atoms in total. The van der Waals surface area contributed by atoms with Crippen LogP contribution in [0.4, 0.5) is 4.79 Å². The van der Waals surface area contributed by atoms with Gasteiger partial charge < -0.3 is 9.84 Å². The number of amides is 2. The highest BCUT2D eigenvalue weighted by Gasteiger charge is 2.17. The zero-order valence-electron chi connectivity index (χ0n) is 8.75. The van der Waals surface area contributed by atoms with Gasteiger partial charge in [-0.1, -0.05) is 0 Å². The van der Waals surface area contributed by atoms with E-state index in [9.17, 15) is 9.59 Å². The average molecular weight is 204 g/mol. The van der Waals surface area contributed by atoms with E-state index in [1.54, 1.807) is 20.8 Å². The number of hydrazine groups is 1. The molecule has 0 aliphatic carbocycles. The van der Waals surface area contributed by atoms with Gasteiger partial charge in [-0.3, -0.25) is 10.2 Å². The van der Waals surface area contributed by atoms with Gasteiger partial charge in [0, 0.05) is 0 Å². The SMILES string of the molecule is CC(O)C(=O)NNC(=O)OC(C)(C)C. The fourth-order valence-corrected chi connectivity index (χ4v) is 0.521. The molecule has 0 radical (unpaired) electrons. The van der Waals surface area contributed by atoms with Gasteiger partial charge in [0.05, 0.1) is 0 Å². The molecular weight excluding hydrogens is 188 g/mol. The fourth-order valence-electron chi connectivity index (χ4n) is 0.521. The van der Waals surface area contributed by atoms with Gasteiger partial charge in [-0.15, -0.1) is 0 Å². The minimum Gasteiger partial charge on any atom is -0.443 e. The Bertz CT molecular complexity index is 220. The van der Waals surface area contributed by atoms with Gasteiger partial charge in [-0.05, 0) is 27.7 Å². The Labute approximate surface area is 82.6 Å². The van der Waals surface area contributed by atoms with E-state index in [4.69, 9.17) is 9.84 Å². The Balaban J connectivity index is 3.81. The smallest absolute Gasteiger partial charge is 0.426 e. The van der Waals surface area contributed by atoms with Crippen molar-refractivity contribution in [1.29, 1.82) is 0 Å². The zero-order chi connectivity index (χ0) is 11.4. The summed E-state index contributed by atoms with van der Waals surface area (Å²) >= 11 is 0. The van der Waals surface area contributed by atoms with E-state index in [-0.39, 0.29) is 0 Å². The van der Waals surface area contributed by atoms with Gasteiger partial charge in [0.1, 0.15) is 11.7 Å². The van der Waals surface area contributed by atoms with E-state index >= 15 is 0 Å². The maximum Gasteiger partial charge on any atom is 0.426 e. The lowest BCUT2D eigenvalue weighted by molar-refractivity contribution is -0.129. The Morgan fingerprint density at radius 3 is 2.14 bits per heavy atom. The number of carbonyl (C=O) groups excluding carboxylic acids is 2. The summed E-state index contributed by atoms with van der Waals surface area (Å²) in [5.74, 6) is -0.698. The first kappa shape index (κ1) is 12.7. The number of hydrogen-bond acceptors (Lipinski definition) is 4. The summed E-state index contributed by atoms with van der Waals surface area (Å²) in [4.78, 5) is 21.7. The van der Waals surface area contributed by atoms with Crippen LogP contribution in [0.1, 0.15) is 27.7 Å². The minimum atomic E-state index is -1.18. The summed E-state index contributed by atoms with van der Waals surface area (Å²) in [5.41, 5.74) is 3.37. The van der Waals surface area contributed by atoms with Crippen LogP contribution in [0.5, 0.6) is 0 Å². The number of nitrogens with one attached hydrogen (secondary N) is 2. The second-order valence-electron chi connectivity index (χ2n) is 3.79. The second-order valence-corrected chi connectivity index (χ2v) is 3.79. The van der Waals surface area contributed by atoms with Crippen molar-refractivity contribution in [2.24, 2.45) is 0 Å². The summed E-state index contributed by atoms with van der Waals surface area (Å²) in [6, 6.07) is 0. The van der Waals surface area contributed by atoms with E-state index in [0.717, 1.165) is 0 Å².